The highest BCUT2D eigenvalue weighted by atomic mass is 32.2. The quantitative estimate of drug-likeness (QED) is 0.591. The van der Waals surface area contributed by atoms with Crippen LogP contribution < -0.4 is 5.32 Å². The summed E-state index contributed by atoms with van der Waals surface area (Å²) in [5, 5.41) is 3.37. The van der Waals surface area contributed by atoms with Gasteiger partial charge in [-0.25, -0.2) is 4.39 Å². The second-order valence-corrected chi connectivity index (χ2v) is 6.40. The van der Waals surface area contributed by atoms with Crippen molar-refractivity contribution >= 4 is 17.7 Å². The van der Waals surface area contributed by atoms with E-state index in [1.165, 1.54) is 24.9 Å². The number of hydrogen-bond donors (Lipinski definition) is 1. The van der Waals surface area contributed by atoms with E-state index in [0.29, 0.717) is 10.6 Å². The number of esters is 1. The van der Waals surface area contributed by atoms with Crippen molar-refractivity contribution in [2.75, 3.05) is 19.4 Å². The van der Waals surface area contributed by atoms with Crippen molar-refractivity contribution in [3.8, 4) is 0 Å². The number of carbonyl (C=O) groups is 1. The third-order valence-electron chi connectivity index (χ3n) is 3.81. The topological polar surface area (TPSA) is 38.3 Å². The van der Waals surface area contributed by atoms with Gasteiger partial charge in [0, 0.05) is 10.6 Å². The first-order chi connectivity index (χ1) is 10.1. The van der Waals surface area contributed by atoms with Crippen molar-refractivity contribution in [3.63, 3.8) is 0 Å². The summed E-state index contributed by atoms with van der Waals surface area (Å²) >= 11 is 1.38. The Morgan fingerprint density at radius 1 is 1.48 bits per heavy atom. The van der Waals surface area contributed by atoms with Crippen LogP contribution in [0.2, 0.25) is 0 Å². The molecule has 5 heteroatoms. The number of hydrogen-bond acceptors (Lipinski definition) is 4. The van der Waals surface area contributed by atoms with E-state index in [1.807, 2.05) is 6.07 Å². The predicted molar refractivity (Wildman–Crippen MR) is 82.9 cm³/mol. The van der Waals surface area contributed by atoms with Crippen LogP contribution in [0.1, 0.15) is 26.2 Å². The molecule has 0 saturated heterocycles. The molecule has 1 fully saturated rings. The second-order valence-electron chi connectivity index (χ2n) is 5.38. The van der Waals surface area contributed by atoms with E-state index in [1.54, 1.807) is 12.1 Å². The molecule has 0 aliphatic heterocycles. The van der Waals surface area contributed by atoms with Gasteiger partial charge in [0.15, 0.2) is 0 Å². The van der Waals surface area contributed by atoms with E-state index in [4.69, 9.17) is 4.74 Å². The summed E-state index contributed by atoms with van der Waals surface area (Å²) in [7, 11) is 1.42. The average molecular weight is 311 g/mol. The van der Waals surface area contributed by atoms with Gasteiger partial charge in [0.1, 0.15) is 11.4 Å². The molecule has 1 saturated carbocycles. The van der Waals surface area contributed by atoms with Crippen LogP contribution in [0.25, 0.3) is 0 Å². The highest BCUT2D eigenvalue weighted by Gasteiger charge is 2.51. The van der Waals surface area contributed by atoms with Gasteiger partial charge in [-0.15, -0.1) is 11.8 Å². The lowest BCUT2D eigenvalue weighted by Gasteiger charge is -2.32. The molecule has 0 amide bonds. The molecule has 0 heterocycles. The molecule has 1 aliphatic rings. The molecular formula is C16H22FNO2S. The lowest BCUT2D eigenvalue weighted by atomic mass is 9.95. The minimum atomic E-state index is -0.697. The van der Waals surface area contributed by atoms with Crippen LogP contribution in [0, 0.1) is 11.7 Å². The Hall–Kier alpha value is -1.07. The first-order valence-corrected chi connectivity index (χ1v) is 8.33. The summed E-state index contributed by atoms with van der Waals surface area (Å²) in [6, 6.07) is 6.67. The molecule has 1 N–H and O–H groups in total. The molecule has 21 heavy (non-hydrogen) atoms. The molecule has 0 radical (unpaired) electrons. The maximum absolute atomic E-state index is 13.8. The van der Waals surface area contributed by atoms with Gasteiger partial charge in [0.05, 0.1) is 7.11 Å². The number of carbonyl (C=O) groups excluding carboxylic acids is 1. The minimum absolute atomic E-state index is 0.234. The monoisotopic (exact) mass is 311 g/mol. The van der Waals surface area contributed by atoms with Gasteiger partial charge in [-0.2, -0.15) is 0 Å². The number of halogens is 1. The number of nitrogens with one attached hydrogen (secondary N) is 1. The van der Waals surface area contributed by atoms with Crippen LogP contribution in [0.5, 0.6) is 0 Å². The van der Waals surface area contributed by atoms with E-state index >= 15 is 0 Å². The fourth-order valence-electron chi connectivity index (χ4n) is 2.47. The maximum Gasteiger partial charge on any atom is 0.327 e. The fraction of sp³-hybridized carbons (Fsp3) is 0.562. The van der Waals surface area contributed by atoms with E-state index < -0.39 is 5.54 Å². The fourth-order valence-corrected chi connectivity index (χ4v) is 3.69. The Bertz CT molecular complexity index is 493. The van der Waals surface area contributed by atoms with Crippen molar-refractivity contribution in [1.82, 2.24) is 5.32 Å². The van der Waals surface area contributed by atoms with Crippen LogP contribution >= 0.6 is 11.8 Å². The summed E-state index contributed by atoms with van der Waals surface area (Å²) < 4.78 is 18.8. The Kier molecular flexibility index (Phi) is 5.65. The van der Waals surface area contributed by atoms with E-state index in [9.17, 15) is 9.18 Å². The molecule has 0 spiro atoms. The lowest BCUT2D eigenvalue weighted by molar-refractivity contribution is -0.148. The Balaban J connectivity index is 2.15. The first-order valence-electron chi connectivity index (χ1n) is 7.35. The number of methoxy groups -OCH3 is 1. The molecule has 1 aliphatic carbocycles. The van der Waals surface area contributed by atoms with Gasteiger partial charge < -0.3 is 10.1 Å². The molecule has 116 valence electrons. The predicted octanol–water partition coefficient (Wildman–Crippen LogP) is 3.24. The van der Waals surface area contributed by atoms with E-state index in [2.05, 4.69) is 12.2 Å². The van der Waals surface area contributed by atoms with Crippen molar-refractivity contribution in [1.29, 1.82) is 0 Å². The number of benzene rings is 1. The van der Waals surface area contributed by atoms with Crippen LogP contribution in [-0.2, 0) is 9.53 Å². The zero-order valence-electron chi connectivity index (χ0n) is 12.5. The van der Waals surface area contributed by atoms with Gasteiger partial charge in [0.2, 0.25) is 0 Å². The lowest BCUT2D eigenvalue weighted by Crippen LogP contribution is -2.57. The van der Waals surface area contributed by atoms with Crippen molar-refractivity contribution in [2.24, 2.45) is 5.92 Å². The SMILES string of the molecule is CCCNC(CSc1ccccc1F)(C(=O)OC)C1CC1. The zero-order valence-corrected chi connectivity index (χ0v) is 13.3. The molecule has 1 atom stereocenters. The second kappa shape index (κ2) is 7.27. The maximum atomic E-state index is 13.8. The first kappa shape index (κ1) is 16.3. The van der Waals surface area contributed by atoms with Crippen LogP contribution in [0.3, 0.4) is 0 Å². The average Bonchev–Trinajstić information content (AvgIpc) is 3.34. The van der Waals surface area contributed by atoms with Gasteiger partial charge in [-0.1, -0.05) is 19.1 Å². The van der Waals surface area contributed by atoms with Gasteiger partial charge in [0.25, 0.3) is 0 Å². The minimum Gasteiger partial charge on any atom is -0.468 e. The number of rotatable bonds is 8. The van der Waals surface area contributed by atoms with Gasteiger partial charge in [-0.3, -0.25) is 4.79 Å². The van der Waals surface area contributed by atoms with Gasteiger partial charge >= 0.3 is 5.97 Å². The van der Waals surface area contributed by atoms with Crippen LogP contribution in [0.15, 0.2) is 29.2 Å². The summed E-state index contributed by atoms with van der Waals surface area (Å²) in [5.74, 6) is 0.302. The van der Waals surface area contributed by atoms with Crippen LogP contribution in [0.4, 0.5) is 4.39 Å². The third kappa shape index (κ3) is 3.77. The smallest absolute Gasteiger partial charge is 0.327 e. The number of thioether (sulfide) groups is 1. The summed E-state index contributed by atoms with van der Waals surface area (Å²) in [4.78, 5) is 12.9. The molecule has 1 unspecified atom stereocenters. The van der Waals surface area contributed by atoms with Crippen LogP contribution in [-0.4, -0.2) is 30.9 Å². The third-order valence-corrected chi connectivity index (χ3v) is 5.05. The van der Waals surface area contributed by atoms with Crippen molar-refractivity contribution in [2.45, 2.75) is 36.6 Å². The van der Waals surface area contributed by atoms with Gasteiger partial charge in [-0.05, 0) is 43.9 Å². The highest BCUT2D eigenvalue weighted by molar-refractivity contribution is 7.99. The summed E-state index contributed by atoms with van der Waals surface area (Å²) in [5.41, 5.74) is -0.697. The Labute approximate surface area is 129 Å². The zero-order chi connectivity index (χ0) is 15.3. The van der Waals surface area contributed by atoms with E-state index in [-0.39, 0.29) is 17.7 Å². The standard InChI is InChI=1S/C16H22FNO2S/c1-3-10-18-16(12-8-9-12,15(19)20-2)11-21-14-7-5-4-6-13(14)17/h4-7,12,18H,3,8-11H2,1-2H3. The van der Waals surface area contributed by atoms with E-state index in [0.717, 1.165) is 25.8 Å². The van der Waals surface area contributed by atoms with Crippen molar-refractivity contribution in [3.05, 3.63) is 30.1 Å². The highest BCUT2D eigenvalue weighted by Crippen LogP contribution is 2.43. The molecule has 3 nitrogen and oxygen atoms in total. The molecule has 0 aromatic heterocycles. The Morgan fingerprint density at radius 3 is 2.76 bits per heavy atom. The summed E-state index contributed by atoms with van der Waals surface area (Å²) in [6.45, 7) is 2.81. The largest absolute Gasteiger partial charge is 0.468 e. The Morgan fingerprint density at radius 2 is 2.19 bits per heavy atom. The normalized spacial score (nSPS) is 17.3. The number of ether oxygens (including phenoxy) is 1. The molecule has 1 aromatic carbocycles. The molecule has 1 aromatic rings. The van der Waals surface area contributed by atoms with Crippen molar-refractivity contribution < 1.29 is 13.9 Å². The molecule has 2 rings (SSSR count). The molecular weight excluding hydrogens is 289 g/mol. The summed E-state index contributed by atoms with van der Waals surface area (Å²) in [6.07, 6.45) is 2.98. The molecule has 0 bridgehead atoms.